The molecule has 1 aliphatic carbocycles. The molecule has 21 heavy (non-hydrogen) atoms. The van der Waals surface area contributed by atoms with E-state index in [2.05, 4.69) is 5.10 Å². The lowest BCUT2D eigenvalue weighted by atomic mass is 9.85. The molecule has 1 aliphatic rings. The fourth-order valence-electron chi connectivity index (χ4n) is 3.16. The molecule has 0 radical (unpaired) electrons. The van der Waals surface area contributed by atoms with Crippen LogP contribution in [0.25, 0.3) is 0 Å². The molecule has 112 valence electrons. The molecule has 5 heteroatoms. The van der Waals surface area contributed by atoms with Gasteiger partial charge < -0.3 is 5.73 Å². The van der Waals surface area contributed by atoms with Gasteiger partial charge in [-0.1, -0.05) is 6.07 Å². The minimum Gasteiger partial charge on any atom is -0.330 e. The van der Waals surface area contributed by atoms with E-state index < -0.39 is 11.6 Å². The fourth-order valence-corrected chi connectivity index (χ4v) is 3.16. The Kier molecular flexibility index (Phi) is 4.01. The van der Waals surface area contributed by atoms with E-state index in [-0.39, 0.29) is 0 Å². The molecule has 2 aromatic rings. The number of fused-ring (bicyclic) bond motifs is 1. The van der Waals surface area contributed by atoms with E-state index in [0.29, 0.717) is 19.0 Å². The number of hydrogen-bond donors (Lipinski definition) is 1. The second kappa shape index (κ2) is 5.93. The van der Waals surface area contributed by atoms with E-state index in [9.17, 15) is 8.78 Å². The molecule has 1 aromatic heterocycles. The van der Waals surface area contributed by atoms with Gasteiger partial charge in [-0.25, -0.2) is 8.78 Å². The lowest BCUT2D eigenvalue weighted by molar-refractivity contribution is 0.499. The lowest BCUT2D eigenvalue weighted by Crippen LogP contribution is -2.16. The van der Waals surface area contributed by atoms with Gasteiger partial charge in [0.05, 0.1) is 12.7 Å². The third-order valence-electron chi connectivity index (χ3n) is 4.22. The number of nitrogens with two attached hydrogens (primary N) is 1. The highest BCUT2D eigenvalue weighted by molar-refractivity contribution is 5.27. The van der Waals surface area contributed by atoms with E-state index in [4.69, 9.17) is 5.73 Å². The Morgan fingerprint density at radius 1 is 1.29 bits per heavy atom. The van der Waals surface area contributed by atoms with Gasteiger partial charge in [-0.15, -0.1) is 0 Å². The third-order valence-corrected chi connectivity index (χ3v) is 4.22. The zero-order chi connectivity index (χ0) is 14.8. The molecular weight excluding hydrogens is 272 g/mol. The van der Waals surface area contributed by atoms with E-state index in [1.165, 1.54) is 17.3 Å². The van der Waals surface area contributed by atoms with Crippen LogP contribution in [0, 0.1) is 11.6 Å². The Balaban J connectivity index is 1.85. The van der Waals surface area contributed by atoms with Gasteiger partial charge in [0.2, 0.25) is 0 Å². The van der Waals surface area contributed by atoms with Gasteiger partial charge in [0, 0.05) is 5.69 Å². The predicted molar refractivity (Wildman–Crippen MR) is 77.0 cm³/mol. The van der Waals surface area contributed by atoms with Crippen molar-refractivity contribution in [3.8, 4) is 0 Å². The number of benzene rings is 1. The first-order chi connectivity index (χ1) is 10.2. The van der Waals surface area contributed by atoms with Gasteiger partial charge in [-0.2, -0.15) is 5.10 Å². The van der Waals surface area contributed by atoms with Crippen LogP contribution in [-0.4, -0.2) is 16.3 Å². The molecule has 0 aliphatic heterocycles. The second-order valence-corrected chi connectivity index (χ2v) is 5.62. The summed E-state index contributed by atoms with van der Waals surface area (Å²) >= 11 is 0. The van der Waals surface area contributed by atoms with Crippen LogP contribution in [0.2, 0.25) is 0 Å². The molecule has 0 saturated carbocycles. The summed E-state index contributed by atoms with van der Waals surface area (Å²) in [5, 5.41) is 4.44. The molecule has 1 unspecified atom stereocenters. The van der Waals surface area contributed by atoms with Crippen molar-refractivity contribution in [3.05, 3.63) is 52.9 Å². The average molecular weight is 291 g/mol. The van der Waals surface area contributed by atoms with Crippen LogP contribution in [-0.2, 0) is 13.0 Å². The molecule has 1 heterocycles. The van der Waals surface area contributed by atoms with Crippen molar-refractivity contribution in [3.63, 3.8) is 0 Å². The van der Waals surface area contributed by atoms with E-state index in [1.807, 2.05) is 10.9 Å². The van der Waals surface area contributed by atoms with Gasteiger partial charge in [0.1, 0.15) is 0 Å². The van der Waals surface area contributed by atoms with Crippen molar-refractivity contribution in [1.29, 1.82) is 0 Å². The van der Waals surface area contributed by atoms with Gasteiger partial charge in [0.15, 0.2) is 11.6 Å². The first kappa shape index (κ1) is 14.2. The van der Waals surface area contributed by atoms with Gasteiger partial charge in [0.25, 0.3) is 0 Å². The van der Waals surface area contributed by atoms with Crippen LogP contribution < -0.4 is 5.73 Å². The summed E-state index contributed by atoms with van der Waals surface area (Å²) in [5.41, 5.74) is 8.88. The molecule has 1 atom stereocenters. The molecule has 0 spiro atoms. The maximum atomic E-state index is 13.3. The van der Waals surface area contributed by atoms with E-state index >= 15 is 0 Å². The Morgan fingerprint density at radius 2 is 2.14 bits per heavy atom. The van der Waals surface area contributed by atoms with E-state index in [1.54, 1.807) is 6.07 Å². The SMILES string of the molecule is NCCC1CCCc2c1cnn2Cc1ccc(F)c(F)c1. The highest BCUT2D eigenvalue weighted by Gasteiger charge is 2.23. The minimum atomic E-state index is -0.816. The van der Waals surface area contributed by atoms with Crippen LogP contribution in [0.15, 0.2) is 24.4 Å². The quantitative estimate of drug-likeness (QED) is 0.941. The normalized spacial score (nSPS) is 17.8. The Morgan fingerprint density at radius 3 is 2.90 bits per heavy atom. The van der Waals surface area contributed by atoms with Crippen LogP contribution in [0.1, 0.15) is 42.0 Å². The molecule has 0 saturated heterocycles. The van der Waals surface area contributed by atoms with Crippen molar-refractivity contribution in [2.45, 2.75) is 38.1 Å². The van der Waals surface area contributed by atoms with Crippen LogP contribution in [0.5, 0.6) is 0 Å². The molecule has 2 N–H and O–H groups in total. The second-order valence-electron chi connectivity index (χ2n) is 5.62. The average Bonchev–Trinajstić information content (AvgIpc) is 2.88. The Bertz CT molecular complexity index is 636. The summed E-state index contributed by atoms with van der Waals surface area (Å²) in [6.45, 7) is 1.15. The van der Waals surface area contributed by atoms with Gasteiger partial charge in [-0.3, -0.25) is 4.68 Å². The fraction of sp³-hybridized carbons (Fsp3) is 0.438. The van der Waals surface area contributed by atoms with E-state index in [0.717, 1.165) is 37.3 Å². The van der Waals surface area contributed by atoms with Crippen molar-refractivity contribution < 1.29 is 8.78 Å². The largest absolute Gasteiger partial charge is 0.330 e. The summed E-state index contributed by atoms with van der Waals surface area (Å²) in [5.74, 6) is -1.14. The monoisotopic (exact) mass is 291 g/mol. The number of hydrogen-bond acceptors (Lipinski definition) is 2. The molecule has 1 aromatic carbocycles. The molecule has 0 amide bonds. The van der Waals surface area contributed by atoms with Crippen LogP contribution >= 0.6 is 0 Å². The molecule has 3 rings (SSSR count). The summed E-state index contributed by atoms with van der Waals surface area (Å²) in [7, 11) is 0. The van der Waals surface area contributed by atoms with Crippen molar-refractivity contribution in [1.82, 2.24) is 9.78 Å². The maximum absolute atomic E-state index is 13.3. The molecule has 0 bridgehead atoms. The molecular formula is C16H19F2N3. The Hall–Kier alpha value is -1.75. The smallest absolute Gasteiger partial charge is 0.159 e. The summed E-state index contributed by atoms with van der Waals surface area (Å²) in [6.07, 6.45) is 6.15. The summed E-state index contributed by atoms with van der Waals surface area (Å²) < 4.78 is 28.2. The first-order valence-electron chi connectivity index (χ1n) is 7.37. The number of rotatable bonds is 4. The van der Waals surface area contributed by atoms with Gasteiger partial charge >= 0.3 is 0 Å². The third kappa shape index (κ3) is 2.83. The standard InChI is InChI=1S/C16H19F2N3/c17-14-5-4-11(8-15(14)18)10-21-16-3-1-2-12(6-7-19)13(16)9-20-21/h4-5,8-9,12H,1-3,6-7,10,19H2. The topological polar surface area (TPSA) is 43.8 Å². The predicted octanol–water partition coefficient (Wildman–Crippen LogP) is 2.98. The zero-order valence-corrected chi connectivity index (χ0v) is 11.9. The lowest BCUT2D eigenvalue weighted by Gasteiger charge is -2.22. The minimum absolute atomic E-state index is 0.474. The number of halogens is 2. The van der Waals surface area contributed by atoms with Crippen molar-refractivity contribution >= 4 is 0 Å². The number of nitrogens with zero attached hydrogens (tertiary/aromatic N) is 2. The molecule has 3 nitrogen and oxygen atoms in total. The summed E-state index contributed by atoms with van der Waals surface area (Å²) in [6, 6.07) is 4.01. The summed E-state index contributed by atoms with van der Waals surface area (Å²) in [4.78, 5) is 0. The van der Waals surface area contributed by atoms with Crippen LogP contribution in [0.3, 0.4) is 0 Å². The highest BCUT2D eigenvalue weighted by Crippen LogP contribution is 2.33. The number of aromatic nitrogens is 2. The van der Waals surface area contributed by atoms with Gasteiger partial charge in [-0.05, 0) is 61.4 Å². The zero-order valence-electron chi connectivity index (χ0n) is 11.9. The van der Waals surface area contributed by atoms with Crippen molar-refractivity contribution in [2.24, 2.45) is 5.73 Å². The first-order valence-corrected chi connectivity index (χ1v) is 7.37. The molecule has 0 fully saturated rings. The Labute approximate surface area is 122 Å². The highest BCUT2D eigenvalue weighted by atomic mass is 19.2. The van der Waals surface area contributed by atoms with Crippen LogP contribution in [0.4, 0.5) is 8.78 Å². The van der Waals surface area contributed by atoms with Crippen molar-refractivity contribution in [2.75, 3.05) is 6.54 Å². The maximum Gasteiger partial charge on any atom is 0.159 e.